The first kappa shape index (κ1) is 14.3. The summed E-state index contributed by atoms with van der Waals surface area (Å²) in [6.45, 7) is 6.70. The monoisotopic (exact) mass is 278 g/mol. The van der Waals surface area contributed by atoms with Crippen LogP contribution in [0.3, 0.4) is 0 Å². The van der Waals surface area contributed by atoms with Crippen molar-refractivity contribution in [2.24, 2.45) is 0 Å². The molecule has 0 amide bonds. The van der Waals surface area contributed by atoms with Gasteiger partial charge in [-0.3, -0.25) is 14.9 Å². The number of hydroxylamine groups is 3. The number of hydrogen-bond donors (Lipinski definition) is 0. The molecule has 1 aromatic rings. The van der Waals surface area contributed by atoms with Crippen LogP contribution in [0.15, 0.2) is 24.3 Å². The Labute approximate surface area is 116 Å². The molecule has 1 aliphatic heterocycles. The lowest BCUT2D eigenvalue weighted by molar-refractivity contribution is -0.539. The van der Waals surface area contributed by atoms with E-state index in [1.165, 1.54) is 24.3 Å². The summed E-state index contributed by atoms with van der Waals surface area (Å²) in [5.41, 5.74) is -1.77. The molecular weight excluding hydrogens is 262 g/mol. The molecule has 0 saturated heterocycles. The molecule has 0 atom stereocenters. The van der Waals surface area contributed by atoms with Gasteiger partial charge in [0.05, 0.1) is 10.5 Å². The summed E-state index contributed by atoms with van der Waals surface area (Å²) in [4.78, 5) is 10.2. The van der Waals surface area contributed by atoms with Crippen LogP contribution in [0.1, 0.15) is 33.3 Å². The van der Waals surface area contributed by atoms with E-state index in [-0.39, 0.29) is 17.1 Å². The Kier molecular flexibility index (Phi) is 2.98. The van der Waals surface area contributed by atoms with Crippen molar-refractivity contribution < 1.29 is 14.9 Å². The number of nitro benzene ring substituents is 1. The first-order valence-corrected chi connectivity index (χ1v) is 6.17. The van der Waals surface area contributed by atoms with E-state index < -0.39 is 16.0 Å². The second kappa shape index (κ2) is 4.17. The van der Waals surface area contributed by atoms with Crippen molar-refractivity contribution in [3.63, 3.8) is 0 Å². The van der Waals surface area contributed by atoms with Crippen molar-refractivity contribution in [2.75, 3.05) is 0 Å². The molecule has 7 heteroatoms. The second-order valence-corrected chi connectivity index (χ2v) is 5.84. The highest BCUT2D eigenvalue weighted by molar-refractivity contribution is 5.96. The summed E-state index contributed by atoms with van der Waals surface area (Å²) in [5, 5.41) is 36.2. The van der Waals surface area contributed by atoms with Gasteiger partial charge in [0.15, 0.2) is 5.54 Å². The normalized spacial score (nSPS) is 20.4. The molecule has 1 aliphatic rings. The Bertz CT molecular complexity index is 607. The lowest BCUT2D eigenvalue weighted by atomic mass is 9.84. The molecule has 0 bridgehead atoms. The van der Waals surface area contributed by atoms with E-state index in [1.54, 1.807) is 27.7 Å². The van der Waals surface area contributed by atoms with Crippen LogP contribution >= 0.6 is 0 Å². The summed E-state index contributed by atoms with van der Waals surface area (Å²) < 4.78 is 0.638. The number of benzene rings is 1. The second-order valence-electron chi connectivity index (χ2n) is 5.84. The molecule has 0 spiro atoms. The first-order valence-electron chi connectivity index (χ1n) is 6.17. The SMILES string of the molecule is CC1(C)N([O])C(c2cccc([N+](=O)[O-])c2)=[N+]([O-])C1(C)C. The zero-order valence-electron chi connectivity index (χ0n) is 11.8. The van der Waals surface area contributed by atoms with Crippen LogP contribution in [-0.2, 0) is 5.21 Å². The van der Waals surface area contributed by atoms with Crippen molar-refractivity contribution >= 4 is 11.5 Å². The molecule has 0 unspecified atom stereocenters. The predicted octanol–water partition coefficient (Wildman–Crippen LogP) is 2.07. The Morgan fingerprint density at radius 3 is 2.30 bits per heavy atom. The Morgan fingerprint density at radius 2 is 1.85 bits per heavy atom. The minimum absolute atomic E-state index is 0.0938. The highest BCUT2D eigenvalue weighted by Crippen LogP contribution is 2.37. The van der Waals surface area contributed by atoms with Gasteiger partial charge < -0.3 is 5.21 Å². The van der Waals surface area contributed by atoms with Gasteiger partial charge in [-0.25, -0.2) is 0 Å². The fraction of sp³-hybridized carbons (Fsp3) is 0.462. The number of rotatable bonds is 2. The highest BCUT2D eigenvalue weighted by Gasteiger charge is 2.60. The Balaban J connectivity index is 2.61. The minimum Gasteiger partial charge on any atom is -0.714 e. The van der Waals surface area contributed by atoms with Crippen molar-refractivity contribution in [1.82, 2.24) is 5.06 Å². The van der Waals surface area contributed by atoms with E-state index in [9.17, 15) is 20.5 Å². The number of nitro groups is 1. The molecule has 2 rings (SSSR count). The summed E-state index contributed by atoms with van der Waals surface area (Å²) in [6, 6.07) is 5.54. The van der Waals surface area contributed by atoms with E-state index in [0.29, 0.717) is 9.80 Å². The maximum atomic E-state index is 12.4. The van der Waals surface area contributed by atoms with Gasteiger partial charge in [-0.05, 0) is 33.8 Å². The van der Waals surface area contributed by atoms with Crippen molar-refractivity contribution in [2.45, 2.75) is 38.8 Å². The molecule has 1 aromatic carbocycles. The standard InChI is InChI=1S/C13H16N3O4/c1-12(2)13(3,4)15(18)11(14(12)17)9-6-5-7-10(8-9)16(19)20/h5-8H,1-4H3. The lowest BCUT2D eigenvalue weighted by Gasteiger charge is -2.32. The average molecular weight is 278 g/mol. The minimum atomic E-state index is -0.936. The number of amidine groups is 1. The summed E-state index contributed by atoms with van der Waals surface area (Å²) in [6.07, 6.45) is 0. The highest BCUT2D eigenvalue weighted by atomic mass is 16.6. The zero-order chi connectivity index (χ0) is 15.3. The third-order valence-corrected chi connectivity index (χ3v) is 4.21. The molecule has 1 radical (unpaired) electrons. The summed E-state index contributed by atoms with van der Waals surface area (Å²) in [5.74, 6) is -0.0938. The van der Waals surface area contributed by atoms with Gasteiger partial charge in [-0.1, -0.05) is 11.1 Å². The summed E-state index contributed by atoms with van der Waals surface area (Å²) >= 11 is 0. The molecule has 0 aromatic heterocycles. The van der Waals surface area contributed by atoms with Gasteiger partial charge in [0, 0.05) is 17.3 Å². The van der Waals surface area contributed by atoms with Crippen molar-refractivity contribution in [1.29, 1.82) is 0 Å². The topological polar surface area (TPSA) is 92.4 Å². The van der Waals surface area contributed by atoms with Crippen molar-refractivity contribution in [3.05, 3.63) is 45.2 Å². The molecule has 0 N–H and O–H groups in total. The predicted molar refractivity (Wildman–Crippen MR) is 71.5 cm³/mol. The van der Waals surface area contributed by atoms with E-state index in [0.717, 1.165) is 0 Å². The van der Waals surface area contributed by atoms with Crippen LogP contribution in [0.5, 0.6) is 0 Å². The van der Waals surface area contributed by atoms with Gasteiger partial charge in [-0.2, -0.15) is 0 Å². The maximum Gasteiger partial charge on any atom is 0.317 e. The maximum absolute atomic E-state index is 12.4. The van der Waals surface area contributed by atoms with Crippen molar-refractivity contribution in [3.8, 4) is 0 Å². The van der Waals surface area contributed by atoms with Crippen LogP contribution in [-0.4, -0.2) is 31.6 Å². The van der Waals surface area contributed by atoms with E-state index in [2.05, 4.69) is 0 Å². The average Bonchev–Trinajstić information content (AvgIpc) is 2.49. The van der Waals surface area contributed by atoms with Gasteiger partial charge in [0.2, 0.25) is 0 Å². The number of hydrogen-bond acceptors (Lipinski definition) is 4. The third-order valence-electron chi connectivity index (χ3n) is 4.21. The van der Waals surface area contributed by atoms with E-state index in [1.807, 2.05) is 0 Å². The fourth-order valence-electron chi connectivity index (χ4n) is 2.10. The molecule has 107 valence electrons. The number of non-ortho nitro benzene ring substituents is 1. The van der Waals surface area contributed by atoms with Gasteiger partial charge >= 0.3 is 5.84 Å². The fourth-order valence-corrected chi connectivity index (χ4v) is 2.10. The zero-order valence-corrected chi connectivity index (χ0v) is 11.8. The lowest BCUT2D eigenvalue weighted by Crippen LogP contribution is -2.53. The molecule has 7 nitrogen and oxygen atoms in total. The quantitative estimate of drug-likeness (QED) is 0.358. The molecule has 0 aliphatic carbocycles. The van der Waals surface area contributed by atoms with Gasteiger partial charge in [0.1, 0.15) is 5.54 Å². The number of nitrogens with zero attached hydrogens (tertiary/aromatic N) is 3. The molecule has 20 heavy (non-hydrogen) atoms. The Morgan fingerprint density at radius 1 is 1.25 bits per heavy atom. The van der Waals surface area contributed by atoms with Crippen LogP contribution in [0.4, 0.5) is 5.69 Å². The first-order chi connectivity index (χ1) is 9.10. The van der Waals surface area contributed by atoms with Crippen LogP contribution in [0.25, 0.3) is 0 Å². The van der Waals surface area contributed by atoms with Crippen LogP contribution in [0.2, 0.25) is 0 Å². The summed E-state index contributed by atoms with van der Waals surface area (Å²) in [7, 11) is 0. The molecule has 0 saturated carbocycles. The van der Waals surface area contributed by atoms with E-state index >= 15 is 0 Å². The van der Waals surface area contributed by atoms with Gasteiger partial charge in [0.25, 0.3) is 5.69 Å². The Hall–Kier alpha value is -2.15. The molecule has 1 heterocycles. The molecule has 0 fully saturated rings. The third kappa shape index (κ3) is 1.74. The molecular formula is C13H16N3O4. The smallest absolute Gasteiger partial charge is 0.317 e. The van der Waals surface area contributed by atoms with Gasteiger partial charge in [-0.15, -0.1) is 0 Å². The van der Waals surface area contributed by atoms with Crippen LogP contribution < -0.4 is 0 Å². The van der Waals surface area contributed by atoms with Crippen LogP contribution in [0, 0.1) is 15.3 Å². The van der Waals surface area contributed by atoms with E-state index in [4.69, 9.17) is 0 Å². The largest absolute Gasteiger partial charge is 0.714 e.